The van der Waals surface area contributed by atoms with Crippen molar-refractivity contribution in [2.75, 3.05) is 19.8 Å². The van der Waals surface area contributed by atoms with Gasteiger partial charge in [-0.05, 0) is 12.1 Å². The molecule has 0 aliphatic carbocycles. The van der Waals surface area contributed by atoms with E-state index >= 15 is 0 Å². The molecule has 0 atom stereocenters. The number of amides is 1. The quantitative estimate of drug-likeness (QED) is 0.926. The molecule has 0 saturated carbocycles. The number of nitrogens with one attached hydrogen (secondary N) is 1. The standard InChI is InChI=1S/C13H12F3N3O2/c14-13(15,16)12(18-19-12)10-3-1-9(2-4-10)11(20)17-5-8-6-21-7-8/h1-4,8H,5-7H2,(H,17,20). The molecule has 1 N–H and O–H groups in total. The predicted octanol–water partition coefficient (Wildman–Crippen LogP) is 2.24. The van der Waals surface area contributed by atoms with Crippen LogP contribution >= 0.6 is 0 Å². The predicted molar refractivity (Wildman–Crippen MR) is 65.7 cm³/mol. The Bertz CT molecular complexity index is 573. The zero-order valence-corrected chi connectivity index (χ0v) is 10.9. The Hall–Kier alpha value is -1.96. The van der Waals surface area contributed by atoms with Crippen LogP contribution in [0.25, 0.3) is 0 Å². The maximum absolute atomic E-state index is 12.8. The highest BCUT2D eigenvalue weighted by Gasteiger charge is 2.65. The zero-order chi connectivity index (χ0) is 15.1. The van der Waals surface area contributed by atoms with Gasteiger partial charge in [-0.15, -0.1) is 10.2 Å². The fourth-order valence-corrected chi connectivity index (χ4v) is 2.04. The summed E-state index contributed by atoms with van der Waals surface area (Å²) in [4.78, 5) is 11.8. The van der Waals surface area contributed by atoms with Gasteiger partial charge in [-0.25, -0.2) is 0 Å². The summed E-state index contributed by atoms with van der Waals surface area (Å²) in [5.41, 5.74) is -2.22. The molecule has 2 heterocycles. The molecule has 1 fully saturated rings. The summed E-state index contributed by atoms with van der Waals surface area (Å²) in [5.74, 6) is -0.00929. The maximum Gasteiger partial charge on any atom is 0.442 e. The van der Waals surface area contributed by atoms with Gasteiger partial charge >= 0.3 is 11.8 Å². The van der Waals surface area contributed by atoms with Gasteiger partial charge in [0.05, 0.1) is 13.2 Å². The Balaban J connectivity index is 1.65. The lowest BCUT2D eigenvalue weighted by Gasteiger charge is -2.25. The average Bonchev–Trinajstić information content (AvgIpc) is 3.18. The number of carbonyl (C=O) groups is 1. The molecule has 112 valence electrons. The number of rotatable bonds is 4. The van der Waals surface area contributed by atoms with Gasteiger partial charge < -0.3 is 10.1 Å². The van der Waals surface area contributed by atoms with Crippen LogP contribution in [0, 0.1) is 5.92 Å². The fraction of sp³-hybridized carbons (Fsp3) is 0.462. The van der Waals surface area contributed by atoms with Crippen LogP contribution in [-0.2, 0) is 10.4 Å². The summed E-state index contributed by atoms with van der Waals surface area (Å²) < 4.78 is 43.4. The van der Waals surface area contributed by atoms with Gasteiger partial charge in [0.15, 0.2) is 0 Å². The number of ether oxygens (including phenoxy) is 1. The number of alkyl halides is 3. The normalized spacial score (nSPS) is 20.0. The van der Waals surface area contributed by atoms with Crippen molar-refractivity contribution in [2.24, 2.45) is 16.1 Å². The van der Waals surface area contributed by atoms with E-state index in [9.17, 15) is 18.0 Å². The van der Waals surface area contributed by atoms with E-state index in [2.05, 4.69) is 15.5 Å². The number of benzene rings is 1. The third kappa shape index (κ3) is 2.51. The molecule has 0 aromatic heterocycles. The first-order valence-corrected chi connectivity index (χ1v) is 6.40. The molecule has 2 aliphatic heterocycles. The molecule has 5 nitrogen and oxygen atoms in total. The van der Waals surface area contributed by atoms with Gasteiger partial charge in [-0.3, -0.25) is 4.79 Å². The fourth-order valence-electron chi connectivity index (χ4n) is 2.04. The molecule has 1 aromatic rings. The van der Waals surface area contributed by atoms with Crippen LogP contribution in [0.5, 0.6) is 0 Å². The van der Waals surface area contributed by atoms with E-state index in [1.54, 1.807) is 0 Å². The molecule has 0 unspecified atom stereocenters. The molecule has 0 spiro atoms. The highest BCUT2D eigenvalue weighted by Crippen LogP contribution is 2.52. The van der Waals surface area contributed by atoms with Crippen LogP contribution in [0.4, 0.5) is 13.2 Å². The molecule has 2 aliphatic rings. The van der Waals surface area contributed by atoms with Crippen LogP contribution in [-0.4, -0.2) is 31.8 Å². The van der Waals surface area contributed by atoms with Gasteiger partial charge in [0.1, 0.15) is 0 Å². The number of halogens is 3. The lowest BCUT2D eigenvalue weighted by atomic mass is 10.0. The summed E-state index contributed by atoms with van der Waals surface area (Å²) in [6.45, 7) is 1.74. The third-order valence-corrected chi connectivity index (χ3v) is 3.50. The summed E-state index contributed by atoms with van der Waals surface area (Å²) in [6, 6.07) is 5.15. The molecule has 3 rings (SSSR count). The second kappa shape index (κ2) is 4.80. The minimum atomic E-state index is -4.55. The lowest BCUT2D eigenvalue weighted by Crippen LogP contribution is -2.39. The molecular weight excluding hydrogens is 287 g/mol. The Morgan fingerprint density at radius 2 is 1.90 bits per heavy atom. The van der Waals surface area contributed by atoms with E-state index < -0.39 is 11.8 Å². The Morgan fingerprint density at radius 3 is 2.33 bits per heavy atom. The van der Waals surface area contributed by atoms with Gasteiger partial charge in [-0.2, -0.15) is 13.2 Å². The molecule has 1 aromatic carbocycles. The van der Waals surface area contributed by atoms with E-state index in [4.69, 9.17) is 4.74 Å². The van der Waals surface area contributed by atoms with Crippen LogP contribution in [0.15, 0.2) is 34.5 Å². The molecule has 0 radical (unpaired) electrons. The first kappa shape index (κ1) is 14.0. The summed E-state index contributed by atoms with van der Waals surface area (Å²) in [5, 5.41) is 8.94. The van der Waals surface area contributed by atoms with E-state index in [0.717, 1.165) is 0 Å². The van der Waals surface area contributed by atoms with Crippen molar-refractivity contribution in [2.45, 2.75) is 11.8 Å². The number of hydrogen-bond acceptors (Lipinski definition) is 4. The van der Waals surface area contributed by atoms with Gasteiger partial charge in [0.25, 0.3) is 5.91 Å². The number of nitrogens with zero attached hydrogens (tertiary/aromatic N) is 2. The van der Waals surface area contributed by atoms with E-state index in [1.165, 1.54) is 24.3 Å². The van der Waals surface area contributed by atoms with Gasteiger partial charge in [-0.1, -0.05) is 12.1 Å². The largest absolute Gasteiger partial charge is 0.442 e. The van der Waals surface area contributed by atoms with Crippen LogP contribution in [0.3, 0.4) is 0 Å². The molecule has 0 bridgehead atoms. The maximum atomic E-state index is 12.8. The molecule has 21 heavy (non-hydrogen) atoms. The highest BCUT2D eigenvalue weighted by atomic mass is 19.4. The van der Waals surface area contributed by atoms with Crippen molar-refractivity contribution in [1.29, 1.82) is 0 Å². The van der Waals surface area contributed by atoms with Crippen molar-refractivity contribution in [1.82, 2.24) is 5.32 Å². The summed E-state index contributed by atoms with van der Waals surface area (Å²) in [6.07, 6.45) is -4.55. The Kier molecular flexibility index (Phi) is 3.20. The minimum Gasteiger partial charge on any atom is -0.381 e. The molecular formula is C13H12F3N3O2. The second-order valence-corrected chi connectivity index (χ2v) is 5.06. The second-order valence-electron chi connectivity index (χ2n) is 5.06. The van der Waals surface area contributed by atoms with Crippen molar-refractivity contribution in [3.05, 3.63) is 35.4 Å². The van der Waals surface area contributed by atoms with E-state index in [1.807, 2.05) is 0 Å². The van der Waals surface area contributed by atoms with Crippen LogP contribution in [0.2, 0.25) is 0 Å². The molecule has 1 saturated heterocycles. The van der Waals surface area contributed by atoms with Crippen molar-refractivity contribution < 1.29 is 22.7 Å². The molecule has 8 heteroatoms. The van der Waals surface area contributed by atoms with E-state index in [0.29, 0.717) is 31.2 Å². The SMILES string of the molecule is O=C(NCC1COC1)c1ccc(C2(C(F)(F)F)N=N2)cc1. The van der Waals surface area contributed by atoms with Crippen LogP contribution in [0.1, 0.15) is 15.9 Å². The third-order valence-electron chi connectivity index (χ3n) is 3.50. The monoisotopic (exact) mass is 299 g/mol. The lowest BCUT2D eigenvalue weighted by molar-refractivity contribution is -0.166. The topological polar surface area (TPSA) is 63.0 Å². The highest BCUT2D eigenvalue weighted by molar-refractivity contribution is 5.94. The van der Waals surface area contributed by atoms with Crippen molar-refractivity contribution in [3.63, 3.8) is 0 Å². The Morgan fingerprint density at radius 1 is 1.29 bits per heavy atom. The first-order chi connectivity index (χ1) is 9.92. The number of hydrogen-bond donors (Lipinski definition) is 1. The van der Waals surface area contributed by atoms with Gasteiger partial charge in [0, 0.05) is 23.6 Å². The molecule has 1 amide bonds. The van der Waals surface area contributed by atoms with Crippen molar-refractivity contribution in [3.8, 4) is 0 Å². The average molecular weight is 299 g/mol. The smallest absolute Gasteiger partial charge is 0.381 e. The summed E-state index contributed by atoms with van der Waals surface area (Å²) in [7, 11) is 0. The van der Waals surface area contributed by atoms with Crippen LogP contribution < -0.4 is 5.32 Å². The minimum absolute atomic E-state index is 0.0843. The van der Waals surface area contributed by atoms with E-state index in [-0.39, 0.29) is 11.5 Å². The van der Waals surface area contributed by atoms with Gasteiger partial charge in [0.2, 0.25) is 0 Å². The zero-order valence-electron chi connectivity index (χ0n) is 10.9. The van der Waals surface area contributed by atoms with Crippen molar-refractivity contribution >= 4 is 5.91 Å². The first-order valence-electron chi connectivity index (χ1n) is 6.40. The summed E-state index contributed by atoms with van der Waals surface area (Å²) >= 11 is 0. The number of carbonyl (C=O) groups excluding carboxylic acids is 1. The Labute approximate surface area is 118 Å².